The summed E-state index contributed by atoms with van der Waals surface area (Å²) in [7, 11) is 2.65. The third kappa shape index (κ3) is 16.9. The van der Waals surface area contributed by atoms with Gasteiger partial charge in [-0.3, -0.25) is 0 Å². The first kappa shape index (κ1) is 46.9. The Labute approximate surface area is 337 Å². The highest BCUT2D eigenvalue weighted by Crippen LogP contribution is 2.25. The molecule has 3 aliphatic heterocycles. The van der Waals surface area contributed by atoms with E-state index in [9.17, 15) is 14.4 Å². The molecule has 3 heterocycles. The molecular weight excluding hydrogens is 768 g/mol. The van der Waals surface area contributed by atoms with Crippen molar-refractivity contribution in [2.45, 2.75) is 77.2 Å². The number of aromatic hydroxyl groups is 1. The number of benzene rings is 3. The highest BCUT2D eigenvalue weighted by molar-refractivity contribution is 6.18. The maximum atomic E-state index is 11.4. The van der Waals surface area contributed by atoms with Crippen LogP contribution in [0.4, 0.5) is 0 Å². The minimum absolute atomic E-state index is 0.0629. The molecule has 0 spiro atoms. The molecule has 3 aromatic rings. The van der Waals surface area contributed by atoms with Gasteiger partial charge in [-0.2, -0.15) is 0 Å². The van der Waals surface area contributed by atoms with E-state index in [4.69, 9.17) is 59.7 Å². The van der Waals surface area contributed by atoms with E-state index in [-0.39, 0.29) is 35.6 Å². The third-order valence-corrected chi connectivity index (χ3v) is 8.19. The number of rotatable bonds is 10. The van der Waals surface area contributed by atoms with Crippen LogP contribution in [-0.2, 0) is 37.9 Å². The summed E-state index contributed by atoms with van der Waals surface area (Å²) in [6.07, 6.45) is -0.146. The number of carbonyl (C=O) groups is 3. The van der Waals surface area contributed by atoms with Crippen LogP contribution in [0, 0.1) is 0 Å². The molecule has 3 aliphatic rings. The molecular formula is C41H53ClO15. The number of ether oxygens (including phenoxy) is 10. The fourth-order valence-electron chi connectivity index (χ4n) is 5.21. The van der Waals surface area contributed by atoms with Gasteiger partial charge in [-0.15, -0.1) is 11.6 Å². The van der Waals surface area contributed by atoms with Crippen LogP contribution in [0.5, 0.6) is 17.2 Å². The van der Waals surface area contributed by atoms with Crippen molar-refractivity contribution in [2.75, 3.05) is 53.1 Å². The van der Waals surface area contributed by atoms with Gasteiger partial charge in [0.15, 0.2) is 17.4 Å². The van der Waals surface area contributed by atoms with E-state index < -0.39 is 29.3 Å². The van der Waals surface area contributed by atoms with E-state index in [0.717, 1.165) is 0 Å². The Balaban J connectivity index is 0.000000212. The van der Waals surface area contributed by atoms with Crippen LogP contribution in [0.25, 0.3) is 0 Å². The van der Waals surface area contributed by atoms with Crippen molar-refractivity contribution in [3.63, 3.8) is 0 Å². The topological polar surface area (TPSA) is 184 Å². The molecule has 314 valence electrons. The number of alkyl halides is 1. The predicted molar refractivity (Wildman–Crippen MR) is 207 cm³/mol. The number of carboxylic acid groups (broad SMARTS) is 1. The first-order chi connectivity index (χ1) is 26.8. The average molecular weight is 821 g/mol. The zero-order valence-corrected chi connectivity index (χ0v) is 34.2. The van der Waals surface area contributed by atoms with Crippen molar-refractivity contribution in [2.24, 2.45) is 0 Å². The molecule has 0 unspecified atom stereocenters. The first-order valence-corrected chi connectivity index (χ1v) is 18.5. The molecule has 0 amide bonds. The Bertz CT molecular complexity index is 1740. The minimum Gasteiger partial charge on any atom is -0.508 e. The van der Waals surface area contributed by atoms with Gasteiger partial charge in [0, 0.05) is 0 Å². The molecule has 0 bridgehead atoms. The van der Waals surface area contributed by atoms with E-state index in [1.54, 1.807) is 48.5 Å². The minimum atomic E-state index is -0.970. The van der Waals surface area contributed by atoms with Gasteiger partial charge in [0.25, 0.3) is 0 Å². The number of methoxy groups -OCH3 is 2. The monoisotopic (exact) mass is 820 g/mol. The Morgan fingerprint density at radius 1 is 0.632 bits per heavy atom. The molecule has 0 saturated carbocycles. The van der Waals surface area contributed by atoms with Crippen molar-refractivity contribution in [1.29, 1.82) is 0 Å². The second-order valence-corrected chi connectivity index (χ2v) is 14.3. The number of phenolic OH excluding ortho intramolecular Hbond substituents is 1. The predicted octanol–water partition coefficient (Wildman–Crippen LogP) is 6.47. The Morgan fingerprint density at radius 3 is 1.37 bits per heavy atom. The summed E-state index contributed by atoms with van der Waals surface area (Å²) in [5, 5.41) is 17.8. The van der Waals surface area contributed by atoms with Gasteiger partial charge >= 0.3 is 17.9 Å². The van der Waals surface area contributed by atoms with Crippen LogP contribution in [0.1, 0.15) is 72.6 Å². The summed E-state index contributed by atoms with van der Waals surface area (Å²) < 4.78 is 52.9. The van der Waals surface area contributed by atoms with E-state index in [2.05, 4.69) is 9.47 Å². The molecule has 6 rings (SSSR count). The second-order valence-electron chi connectivity index (χ2n) is 14.0. The van der Waals surface area contributed by atoms with Gasteiger partial charge in [-0.1, -0.05) is 18.2 Å². The number of aromatic carboxylic acids is 1. The molecule has 57 heavy (non-hydrogen) atoms. The zero-order chi connectivity index (χ0) is 42.2. The maximum Gasteiger partial charge on any atom is 0.337 e. The van der Waals surface area contributed by atoms with Crippen molar-refractivity contribution in [3.05, 3.63) is 89.5 Å². The smallest absolute Gasteiger partial charge is 0.337 e. The van der Waals surface area contributed by atoms with Crippen molar-refractivity contribution in [1.82, 2.24) is 0 Å². The maximum absolute atomic E-state index is 11.4. The summed E-state index contributed by atoms with van der Waals surface area (Å²) in [4.78, 5) is 33.0. The summed E-state index contributed by atoms with van der Waals surface area (Å²) in [6.45, 7) is 13.5. The number of hydrogen-bond donors (Lipinski definition) is 2. The van der Waals surface area contributed by atoms with E-state index >= 15 is 0 Å². The lowest BCUT2D eigenvalue weighted by Gasteiger charge is -2.17. The quantitative estimate of drug-likeness (QED) is 0.167. The molecule has 0 aliphatic carbocycles. The lowest BCUT2D eigenvalue weighted by Crippen LogP contribution is -2.25. The normalized spacial score (nSPS) is 20.9. The molecule has 2 N–H and O–H groups in total. The third-order valence-electron chi connectivity index (χ3n) is 7.85. The fraction of sp³-hybridized carbons (Fsp3) is 0.488. The zero-order valence-electron chi connectivity index (χ0n) is 33.5. The van der Waals surface area contributed by atoms with Gasteiger partial charge < -0.3 is 57.6 Å². The Morgan fingerprint density at radius 2 is 1.02 bits per heavy atom. The van der Waals surface area contributed by atoms with Gasteiger partial charge in [-0.25, -0.2) is 14.4 Å². The van der Waals surface area contributed by atoms with Crippen molar-refractivity contribution >= 4 is 29.5 Å². The largest absolute Gasteiger partial charge is 0.508 e. The fourth-order valence-corrected chi connectivity index (χ4v) is 5.36. The number of carboxylic acids is 1. The van der Waals surface area contributed by atoms with E-state index in [1.165, 1.54) is 38.5 Å². The van der Waals surface area contributed by atoms with Gasteiger partial charge in [-0.05, 0) is 96.1 Å². The van der Waals surface area contributed by atoms with Crippen LogP contribution in [-0.4, -0.2) is 117 Å². The Hall–Kier alpha value is -4.48. The van der Waals surface area contributed by atoms with Crippen LogP contribution >= 0.6 is 11.6 Å². The lowest BCUT2D eigenvalue weighted by atomic mass is 10.2. The van der Waals surface area contributed by atoms with Crippen LogP contribution in [0.3, 0.4) is 0 Å². The molecule has 0 radical (unpaired) electrons. The summed E-state index contributed by atoms with van der Waals surface area (Å²) >= 11 is 5.53. The Kier molecular flexibility index (Phi) is 18.0. The average Bonchev–Trinajstić information content (AvgIpc) is 3.86. The van der Waals surface area contributed by atoms with Crippen molar-refractivity contribution < 1.29 is 72.0 Å². The van der Waals surface area contributed by atoms with Crippen LogP contribution in [0.15, 0.2) is 72.8 Å². The number of hydrogen-bond acceptors (Lipinski definition) is 14. The van der Waals surface area contributed by atoms with E-state index in [1.807, 2.05) is 41.5 Å². The molecule has 3 aromatic carbocycles. The lowest BCUT2D eigenvalue weighted by molar-refractivity contribution is -0.141. The molecule has 3 fully saturated rings. The summed E-state index contributed by atoms with van der Waals surface area (Å²) in [5.41, 5.74) is 1.02. The SMILES string of the molecule is CC1(C)OC[C@@H](CCl)O1.CC1(C)OC[C@@H](COc2cccc(C(=O)O)c2)O1.COC(=O)c1cccc(O)c1.COC(=O)c1cccc(OC[C@@H]2COC(C)(C)O2)c1. The van der Waals surface area contributed by atoms with Crippen LogP contribution in [0.2, 0.25) is 0 Å². The summed E-state index contributed by atoms with van der Waals surface area (Å²) in [6, 6.07) is 19.2. The van der Waals surface area contributed by atoms with Crippen molar-refractivity contribution in [3.8, 4) is 17.2 Å². The highest BCUT2D eigenvalue weighted by Gasteiger charge is 2.34. The molecule has 15 nitrogen and oxygen atoms in total. The number of esters is 2. The second kappa shape index (κ2) is 21.9. The van der Waals surface area contributed by atoms with Gasteiger partial charge in [0.1, 0.15) is 42.7 Å². The van der Waals surface area contributed by atoms with E-state index in [0.29, 0.717) is 61.5 Å². The van der Waals surface area contributed by atoms with Crippen LogP contribution < -0.4 is 9.47 Å². The van der Waals surface area contributed by atoms with Gasteiger partial charge in [0.05, 0.1) is 62.7 Å². The number of carbonyl (C=O) groups excluding carboxylic acids is 2. The standard InChI is InChI=1S/C14H18O5.C13H16O5.C8H8O3.C6H11ClO2/c1-14(2)18-9-12(19-14)8-17-11-6-4-5-10(7-11)13(15)16-3;1-13(2)17-8-11(18-13)7-16-10-5-3-4-9(6-10)12(14)15;1-11-8(10)6-3-2-4-7(9)5-6;1-6(2)8-4-5(3-7)9-6/h4-7,12H,8-9H2,1-3H3;3-6,11H,7-8H2,1-2H3,(H,14,15);2-5,9H,1H3;5H,3-4H2,1-2H3/t12-;11-;;5-/m11.1/s1. The number of phenols is 1. The summed E-state index contributed by atoms with van der Waals surface area (Å²) in [5.74, 6) is -1.63. The molecule has 0 aromatic heterocycles. The van der Waals surface area contributed by atoms with Gasteiger partial charge in [0.2, 0.25) is 0 Å². The number of halogens is 1. The highest BCUT2D eigenvalue weighted by atomic mass is 35.5. The molecule has 3 saturated heterocycles. The first-order valence-electron chi connectivity index (χ1n) is 18.0. The molecule has 16 heteroatoms. The molecule has 3 atom stereocenters.